The molecule has 10 rings (SSSR count). The Morgan fingerprint density at radius 1 is 0.439 bits per heavy atom. The predicted molar refractivity (Wildman–Crippen MR) is 232 cm³/mol. The smallest absolute Gasteiger partial charge is 1.00 e. The van der Waals surface area contributed by atoms with Gasteiger partial charge in [-0.3, -0.25) is 0 Å². The molecule has 57 heavy (non-hydrogen) atoms. The molecule has 6 aliphatic rings. The molecule has 1 heterocycles. The SMILES string of the molecule is CC(C)c1ccc(-c2cccc3c2C=C(C2CCCCC2)[CH]3[Ti+2]2([CH]3C(C4CCCCC4)=Cc4c(-c5ccc(C(C)C)cc5)cccc43)[CH]3CCCC[CH]32)cc1.[Cl-].[Cl-]. The van der Waals surface area contributed by atoms with Gasteiger partial charge in [-0.2, -0.15) is 0 Å². The Bertz CT molecular complexity index is 1950. The van der Waals surface area contributed by atoms with Crippen molar-refractivity contribution in [3.05, 3.63) is 129 Å². The van der Waals surface area contributed by atoms with Crippen LogP contribution in [0.25, 0.3) is 34.4 Å². The number of allylic oxidation sites excluding steroid dienone is 2. The standard InChI is InChI=1S/2C24H27.C6H10.2ClH.Ti/c2*1-17(2)18-11-13-20(14-12-18)23-10-6-9-21-15-22(16-24(21)23)19-7-4-3-5-8-19;1-2-4-6-5-3-1;;;/h2*6,9-17,19H,3-5,7-8H2,1-2H3;1-2H,3-6H2;2*1H;/q;;;;;+2/p-2. The molecule has 3 saturated carbocycles. The number of hydrogen-bond acceptors (Lipinski definition) is 0. The van der Waals surface area contributed by atoms with Gasteiger partial charge in [0.05, 0.1) is 0 Å². The van der Waals surface area contributed by atoms with E-state index in [0.29, 0.717) is 20.3 Å². The molecule has 4 atom stereocenters. The van der Waals surface area contributed by atoms with Gasteiger partial charge in [0.1, 0.15) is 0 Å². The van der Waals surface area contributed by atoms with Gasteiger partial charge in [0, 0.05) is 0 Å². The number of hydrogen-bond donors (Lipinski definition) is 0. The maximum atomic E-state index is 2.85. The van der Waals surface area contributed by atoms with Crippen LogP contribution >= 0.6 is 0 Å². The fourth-order valence-electron chi connectivity index (χ4n) is 13.4. The van der Waals surface area contributed by atoms with Gasteiger partial charge in [0.15, 0.2) is 0 Å². The minimum absolute atomic E-state index is 0. The largest absolute Gasteiger partial charge is 1.00 e. The maximum Gasteiger partial charge on any atom is -1.00 e. The van der Waals surface area contributed by atoms with Crippen molar-refractivity contribution < 1.29 is 41.4 Å². The van der Waals surface area contributed by atoms with E-state index in [1.54, 1.807) is 22.3 Å². The zero-order valence-corrected chi connectivity index (χ0v) is 38.1. The van der Waals surface area contributed by atoms with E-state index in [2.05, 4.69) is 125 Å². The normalized spacial score (nSPS) is 25.7. The third-order valence-electron chi connectivity index (χ3n) is 16.1. The van der Waals surface area contributed by atoms with Gasteiger partial charge in [-0.05, 0) is 0 Å². The van der Waals surface area contributed by atoms with E-state index >= 15 is 0 Å². The molecule has 0 nitrogen and oxygen atoms in total. The molecular weight excluding hydrogens is 767 g/mol. The Morgan fingerprint density at radius 3 is 1.18 bits per heavy atom. The molecule has 4 unspecified atom stereocenters. The quantitative estimate of drug-likeness (QED) is 0.155. The topological polar surface area (TPSA) is 0 Å². The minimum atomic E-state index is -2.81. The van der Waals surface area contributed by atoms with Crippen LogP contribution in [0.3, 0.4) is 0 Å². The van der Waals surface area contributed by atoms with Crippen LogP contribution in [-0.2, 0) is 16.6 Å². The second kappa shape index (κ2) is 17.0. The summed E-state index contributed by atoms with van der Waals surface area (Å²) in [4.78, 5) is 0. The molecule has 0 bridgehead atoms. The van der Waals surface area contributed by atoms with E-state index < -0.39 is 16.6 Å². The maximum absolute atomic E-state index is 2.85. The Balaban J connectivity index is 0.00000228. The van der Waals surface area contributed by atoms with Gasteiger partial charge >= 0.3 is 339 Å². The van der Waals surface area contributed by atoms with Crippen LogP contribution < -0.4 is 24.8 Å². The number of benzene rings is 4. The van der Waals surface area contributed by atoms with Gasteiger partial charge in [-0.1, -0.05) is 0 Å². The summed E-state index contributed by atoms with van der Waals surface area (Å²) >= 11 is -2.81. The van der Waals surface area contributed by atoms with Crippen molar-refractivity contribution >= 4 is 12.2 Å². The third-order valence-corrected chi connectivity index (χ3v) is 26.8. The van der Waals surface area contributed by atoms with Crippen LogP contribution in [0.2, 0.25) is 8.45 Å². The average Bonchev–Trinajstić information content (AvgIpc) is 3.49. The van der Waals surface area contributed by atoms with Crippen molar-refractivity contribution in [1.29, 1.82) is 0 Å². The summed E-state index contributed by atoms with van der Waals surface area (Å²) in [5.41, 5.74) is 19.3. The second-order valence-electron chi connectivity index (χ2n) is 19.5. The summed E-state index contributed by atoms with van der Waals surface area (Å²) in [7, 11) is 0. The van der Waals surface area contributed by atoms with E-state index in [1.165, 1.54) is 123 Å². The molecule has 5 aliphatic carbocycles. The van der Waals surface area contributed by atoms with Crippen molar-refractivity contribution in [1.82, 2.24) is 0 Å². The van der Waals surface area contributed by atoms with Crippen molar-refractivity contribution in [3.63, 3.8) is 0 Å². The molecule has 1 saturated heterocycles. The molecule has 4 fully saturated rings. The third kappa shape index (κ3) is 7.03. The first-order valence-corrected chi connectivity index (χ1v) is 26.4. The van der Waals surface area contributed by atoms with E-state index in [1.807, 2.05) is 11.1 Å². The summed E-state index contributed by atoms with van der Waals surface area (Å²) in [5.74, 6) is 2.65. The Kier molecular flexibility index (Phi) is 12.3. The summed E-state index contributed by atoms with van der Waals surface area (Å²) in [6, 6.07) is 34.5. The first-order chi connectivity index (χ1) is 26.9. The number of halogens is 2. The molecule has 0 aromatic heterocycles. The Morgan fingerprint density at radius 2 is 0.807 bits per heavy atom. The average molecular weight is 832 g/mol. The van der Waals surface area contributed by atoms with Gasteiger partial charge < -0.3 is 24.8 Å². The summed E-state index contributed by atoms with van der Waals surface area (Å²) in [5, 5.41) is 0. The number of rotatable bonds is 8. The Hall–Kier alpha value is -2.35. The fourth-order valence-corrected chi connectivity index (χ4v) is 27.6. The van der Waals surface area contributed by atoms with Gasteiger partial charge in [0.25, 0.3) is 0 Å². The van der Waals surface area contributed by atoms with E-state index in [-0.39, 0.29) is 24.8 Å². The van der Waals surface area contributed by atoms with Crippen molar-refractivity contribution in [2.75, 3.05) is 0 Å². The zero-order chi connectivity index (χ0) is 37.3. The molecule has 4 aromatic rings. The van der Waals surface area contributed by atoms with E-state index in [4.69, 9.17) is 0 Å². The molecule has 3 heteroatoms. The van der Waals surface area contributed by atoms with Crippen LogP contribution in [0.5, 0.6) is 0 Å². The number of fused-ring (bicyclic) bond motifs is 3. The first-order valence-electron chi connectivity index (χ1n) is 22.8. The molecule has 298 valence electrons. The van der Waals surface area contributed by atoms with Gasteiger partial charge in [0.2, 0.25) is 0 Å². The van der Waals surface area contributed by atoms with Crippen molar-refractivity contribution in [2.24, 2.45) is 11.8 Å². The first kappa shape index (κ1) is 41.4. The summed E-state index contributed by atoms with van der Waals surface area (Å²) < 4.78 is 3.42. The zero-order valence-electron chi connectivity index (χ0n) is 35.0. The summed E-state index contributed by atoms with van der Waals surface area (Å²) in [6.07, 6.45) is 25.8. The van der Waals surface area contributed by atoms with Crippen LogP contribution in [0.15, 0.2) is 96.1 Å². The van der Waals surface area contributed by atoms with E-state index in [0.717, 1.165) is 20.3 Å². The summed E-state index contributed by atoms with van der Waals surface area (Å²) in [6.45, 7) is 9.29. The monoisotopic (exact) mass is 830 g/mol. The molecule has 0 N–H and O–H groups in total. The van der Waals surface area contributed by atoms with Crippen LogP contribution in [0, 0.1) is 11.8 Å². The van der Waals surface area contributed by atoms with Gasteiger partial charge in [-0.25, -0.2) is 0 Å². The molecule has 0 amide bonds. The molecular formula is C54H64Cl2Ti. The molecule has 1 aliphatic heterocycles. The van der Waals surface area contributed by atoms with Crippen molar-refractivity contribution in [2.45, 2.75) is 146 Å². The predicted octanol–water partition coefficient (Wildman–Crippen LogP) is 10.3. The molecule has 4 aromatic carbocycles. The second-order valence-corrected chi connectivity index (χ2v) is 26.7. The van der Waals surface area contributed by atoms with Crippen LogP contribution in [-0.4, -0.2) is 0 Å². The molecule has 0 radical (unpaired) electrons. The van der Waals surface area contributed by atoms with Crippen LogP contribution in [0.1, 0.15) is 171 Å². The minimum Gasteiger partial charge on any atom is -1.00 e. The van der Waals surface area contributed by atoms with Gasteiger partial charge in [-0.15, -0.1) is 0 Å². The van der Waals surface area contributed by atoms with Crippen LogP contribution in [0.4, 0.5) is 0 Å². The molecule has 0 spiro atoms. The Labute approximate surface area is 361 Å². The fraction of sp³-hybridized carbons (Fsp3) is 0.481. The van der Waals surface area contributed by atoms with E-state index in [9.17, 15) is 0 Å². The van der Waals surface area contributed by atoms with Crippen molar-refractivity contribution in [3.8, 4) is 22.3 Å².